The first-order valence-corrected chi connectivity index (χ1v) is 7.70. The number of sulfonamides is 1. The van der Waals surface area contributed by atoms with Crippen LogP contribution in [-0.2, 0) is 14.8 Å². The summed E-state index contributed by atoms with van der Waals surface area (Å²) in [7, 11) is -3.64. The van der Waals surface area contributed by atoms with Crippen molar-refractivity contribution < 1.29 is 23.1 Å². The molecule has 1 aliphatic rings. The average Bonchev–Trinajstić information content (AvgIpc) is 2.26. The highest BCUT2D eigenvalue weighted by atomic mass is 32.2. The van der Waals surface area contributed by atoms with Gasteiger partial charge in [0.1, 0.15) is 6.04 Å². The Morgan fingerprint density at radius 1 is 1.47 bits per heavy atom. The number of nitrogens with two attached hydrogens (primary N) is 1. The van der Waals surface area contributed by atoms with Crippen LogP contribution in [0, 0.1) is 5.92 Å². The van der Waals surface area contributed by atoms with Crippen LogP contribution in [0.5, 0.6) is 0 Å². The maximum absolute atomic E-state index is 11.8. The molecule has 2 atom stereocenters. The Balaban J connectivity index is 2.56. The second-order valence-electron chi connectivity index (χ2n) is 4.78. The number of carboxylic acid groups (broad SMARTS) is 1. The quantitative estimate of drug-likeness (QED) is 0.623. The van der Waals surface area contributed by atoms with E-state index in [1.165, 1.54) is 4.90 Å². The first-order valence-electron chi connectivity index (χ1n) is 5.98. The molecule has 1 heterocycles. The number of urea groups is 1. The Hall–Kier alpha value is -1.35. The maximum atomic E-state index is 11.8. The second-order valence-corrected chi connectivity index (χ2v) is 6.51. The van der Waals surface area contributed by atoms with Crippen molar-refractivity contribution in [2.75, 3.05) is 18.8 Å². The molecule has 0 aromatic heterocycles. The lowest BCUT2D eigenvalue weighted by Crippen LogP contribution is -2.53. The van der Waals surface area contributed by atoms with Gasteiger partial charge in [-0.15, -0.1) is 0 Å². The first-order chi connectivity index (χ1) is 8.70. The zero-order chi connectivity index (χ0) is 14.6. The van der Waals surface area contributed by atoms with Crippen molar-refractivity contribution in [1.82, 2.24) is 10.2 Å². The molecule has 0 aliphatic carbocycles. The summed E-state index contributed by atoms with van der Waals surface area (Å²) in [5, 5.41) is 16.3. The van der Waals surface area contributed by atoms with Crippen LogP contribution in [0.4, 0.5) is 4.79 Å². The molecule has 110 valence electrons. The van der Waals surface area contributed by atoms with Gasteiger partial charge in [-0.05, 0) is 18.8 Å². The number of carbonyl (C=O) groups is 2. The molecule has 1 fully saturated rings. The highest BCUT2D eigenvalue weighted by molar-refractivity contribution is 7.89. The average molecular weight is 293 g/mol. The third kappa shape index (κ3) is 5.03. The summed E-state index contributed by atoms with van der Waals surface area (Å²) < 4.78 is 21.4. The molecule has 0 saturated carbocycles. The van der Waals surface area contributed by atoms with Gasteiger partial charge in [0.2, 0.25) is 10.0 Å². The molecule has 2 unspecified atom stereocenters. The summed E-state index contributed by atoms with van der Waals surface area (Å²) in [6.45, 7) is 2.15. The topological polar surface area (TPSA) is 130 Å². The first kappa shape index (κ1) is 15.7. The standard InChI is InChI=1S/C10H19N3O5S/c1-7-2-4-13(8(6-7)9(14)15)10(16)12-3-5-19(11,17)18/h7-8H,2-6H2,1H3,(H,12,16)(H,14,15)(H2,11,17,18). The van der Waals surface area contributed by atoms with E-state index in [0.717, 1.165) is 6.42 Å². The van der Waals surface area contributed by atoms with Gasteiger partial charge < -0.3 is 15.3 Å². The van der Waals surface area contributed by atoms with Gasteiger partial charge in [-0.3, -0.25) is 0 Å². The number of hydrogen-bond donors (Lipinski definition) is 3. The highest BCUT2D eigenvalue weighted by Crippen LogP contribution is 2.22. The van der Waals surface area contributed by atoms with Crippen molar-refractivity contribution >= 4 is 22.0 Å². The van der Waals surface area contributed by atoms with E-state index in [4.69, 9.17) is 10.2 Å². The fourth-order valence-corrected chi connectivity index (χ4v) is 2.41. The van der Waals surface area contributed by atoms with Gasteiger partial charge in [-0.2, -0.15) is 0 Å². The monoisotopic (exact) mass is 293 g/mol. The summed E-state index contributed by atoms with van der Waals surface area (Å²) in [5.41, 5.74) is 0. The number of primary sulfonamides is 1. The van der Waals surface area contributed by atoms with Crippen molar-refractivity contribution in [2.45, 2.75) is 25.8 Å². The Morgan fingerprint density at radius 2 is 2.11 bits per heavy atom. The van der Waals surface area contributed by atoms with Crippen LogP contribution in [0.15, 0.2) is 0 Å². The molecule has 0 aromatic rings. The molecule has 1 rings (SSSR count). The second kappa shape index (κ2) is 6.20. The van der Waals surface area contributed by atoms with Gasteiger partial charge in [-0.25, -0.2) is 23.1 Å². The van der Waals surface area contributed by atoms with Gasteiger partial charge in [0.25, 0.3) is 0 Å². The van der Waals surface area contributed by atoms with Crippen molar-refractivity contribution in [3.63, 3.8) is 0 Å². The predicted octanol–water partition coefficient (Wildman–Crippen LogP) is -0.830. The molecular weight excluding hydrogens is 274 g/mol. The largest absolute Gasteiger partial charge is 0.480 e. The van der Waals surface area contributed by atoms with Gasteiger partial charge in [-0.1, -0.05) is 6.92 Å². The van der Waals surface area contributed by atoms with Gasteiger partial charge in [0.05, 0.1) is 5.75 Å². The molecule has 4 N–H and O–H groups in total. The molecule has 2 amide bonds. The van der Waals surface area contributed by atoms with Crippen molar-refractivity contribution in [2.24, 2.45) is 11.1 Å². The third-order valence-corrected chi connectivity index (χ3v) is 3.85. The number of aliphatic carboxylic acids is 1. The van der Waals surface area contributed by atoms with Crippen molar-refractivity contribution in [1.29, 1.82) is 0 Å². The molecule has 0 aromatic carbocycles. The molecule has 0 bridgehead atoms. The number of nitrogens with zero attached hydrogens (tertiary/aromatic N) is 1. The Bertz CT molecular complexity index is 450. The number of nitrogens with one attached hydrogen (secondary N) is 1. The summed E-state index contributed by atoms with van der Waals surface area (Å²) >= 11 is 0. The molecule has 0 radical (unpaired) electrons. The van der Waals surface area contributed by atoms with Crippen molar-refractivity contribution in [3.8, 4) is 0 Å². The third-order valence-electron chi connectivity index (χ3n) is 3.07. The van der Waals surface area contributed by atoms with E-state index < -0.39 is 28.1 Å². The van der Waals surface area contributed by atoms with Crippen LogP contribution in [-0.4, -0.2) is 55.3 Å². The number of rotatable bonds is 4. The van der Waals surface area contributed by atoms with E-state index >= 15 is 0 Å². The summed E-state index contributed by atoms with van der Waals surface area (Å²) in [5.74, 6) is -1.18. The lowest BCUT2D eigenvalue weighted by molar-refractivity contribution is -0.143. The molecule has 1 saturated heterocycles. The Labute approximate surface area is 112 Å². The van der Waals surface area contributed by atoms with Gasteiger partial charge in [0, 0.05) is 13.1 Å². The van der Waals surface area contributed by atoms with E-state index in [1.807, 2.05) is 6.92 Å². The smallest absolute Gasteiger partial charge is 0.326 e. The van der Waals surface area contributed by atoms with Crippen LogP contribution in [0.25, 0.3) is 0 Å². The maximum Gasteiger partial charge on any atom is 0.326 e. The lowest BCUT2D eigenvalue weighted by Gasteiger charge is -2.35. The van der Waals surface area contributed by atoms with Crippen LogP contribution in [0.3, 0.4) is 0 Å². The van der Waals surface area contributed by atoms with E-state index in [0.29, 0.717) is 13.0 Å². The molecular formula is C10H19N3O5S. The van der Waals surface area contributed by atoms with E-state index in [-0.39, 0.29) is 18.2 Å². The lowest BCUT2D eigenvalue weighted by atomic mass is 9.93. The predicted molar refractivity (Wildman–Crippen MR) is 67.9 cm³/mol. The van der Waals surface area contributed by atoms with E-state index in [9.17, 15) is 18.0 Å². The SMILES string of the molecule is CC1CCN(C(=O)NCCS(N)(=O)=O)C(C(=O)O)C1. The number of piperidine rings is 1. The summed E-state index contributed by atoms with van der Waals surface area (Å²) in [4.78, 5) is 24.2. The van der Waals surface area contributed by atoms with Crippen LogP contribution >= 0.6 is 0 Å². The molecule has 9 heteroatoms. The number of carboxylic acids is 1. The van der Waals surface area contributed by atoms with Crippen molar-refractivity contribution in [3.05, 3.63) is 0 Å². The number of carbonyl (C=O) groups excluding carboxylic acids is 1. The molecule has 0 spiro atoms. The number of likely N-dealkylation sites (tertiary alicyclic amines) is 1. The van der Waals surface area contributed by atoms with Gasteiger partial charge in [0.15, 0.2) is 0 Å². The Morgan fingerprint density at radius 3 is 2.63 bits per heavy atom. The minimum absolute atomic E-state index is 0.129. The molecule has 8 nitrogen and oxygen atoms in total. The molecule has 19 heavy (non-hydrogen) atoms. The van der Waals surface area contributed by atoms with Crippen LogP contribution < -0.4 is 10.5 Å². The van der Waals surface area contributed by atoms with Gasteiger partial charge >= 0.3 is 12.0 Å². The van der Waals surface area contributed by atoms with E-state index in [2.05, 4.69) is 5.32 Å². The minimum Gasteiger partial charge on any atom is -0.480 e. The number of hydrogen-bond acceptors (Lipinski definition) is 4. The minimum atomic E-state index is -3.64. The van der Waals surface area contributed by atoms with Crippen LogP contribution in [0.2, 0.25) is 0 Å². The summed E-state index contributed by atoms with van der Waals surface area (Å²) in [6.07, 6.45) is 1.13. The van der Waals surface area contributed by atoms with E-state index in [1.54, 1.807) is 0 Å². The molecule has 1 aliphatic heterocycles. The number of amides is 2. The Kier molecular flexibility index (Phi) is 5.12. The normalized spacial score (nSPS) is 24.0. The highest BCUT2D eigenvalue weighted by Gasteiger charge is 2.34. The zero-order valence-electron chi connectivity index (χ0n) is 10.7. The van der Waals surface area contributed by atoms with Crippen LogP contribution in [0.1, 0.15) is 19.8 Å². The zero-order valence-corrected chi connectivity index (χ0v) is 11.5. The fourth-order valence-electron chi connectivity index (χ4n) is 2.02. The summed E-state index contributed by atoms with van der Waals surface area (Å²) in [6, 6.07) is -1.43. The fraction of sp³-hybridized carbons (Fsp3) is 0.800.